The highest BCUT2D eigenvalue weighted by molar-refractivity contribution is 5.89. The summed E-state index contributed by atoms with van der Waals surface area (Å²) in [5, 5.41) is 1.45. The molecule has 1 unspecified atom stereocenters. The van der Waals surface area contributed by atoms with Gasteiger partial charge in [0.15, 0.2) is 0 Å². The number of benzene rings is 1. The summed E-state index contributed by atoms with van der Waals surface area (Å²) in [4.78, 5) is 48.0. The van der Waals surface area contributed by atoms with Crippen molar-refractivity contribution in [2.45, 2.75) is 31.7 Å². The zero-order valence-corrected chi connectivity index (χ0v) is 18.2. The molecule has 0 spiro atoms. The van der Waals surface area contributed by atoms with Gasteiger partial charge < -0.3 is 9.88 Å². The minimum absolute atomic E-state index is 0.0548. The van der Waals surface area contributed by atoms with E-state index in [4.69, 9.17) is 4.98 Å². The largest absolute Gasteiger partial charge is 0.361 e. The summed E-state index contributed by atoms with van der Waals surface area (Å²) in [5.41, 5.74) is 2.29. The molecule has 5 rings (SSSR count). The molecule has 1 N–H and O–H groups in total. The van der Waals surface area contributed by atoms with Gasteiger partial charge in [0, 0.05) is 37.7 Å². The third-order valence-electron chi connectivity index (χ3n) is 6.50. The first-order chi connectivity index (χ1) is 15.5. The standard InChI is InChI=1S/C24H25N5O3/c1-27-22-17(23(31)28(2)24(27)32)10-11-19(26-22)20-9-5-6-12-29(20)21(30)13-15-14-25-18-8-4-3-7-16(15)18/h3-4,7-8,10-11,14,20,25H,5-6,9,12-13H2,1-2H3. The van der Waals surface area contributed by atoms with Gasteiger partial charge in [0.2, 0.25) is 5.91 Å². The van der Waals surface area contributed by atoms with Gasteiger partial charge in [0.05, 0.1) is 23.5 Å². The average Bonchev–Trinajstić information content (AvgIpc) is 3.23. The van der Waals surface area contributed by atoms with Crippen molar-refractivity contribution in [1.29, 1.82) is 0 Å². The molecule has 4 heterocycles. The van der Waals surface area contributed by atoms with Gasteiger partial charge in [-0.25, -0.2) is 9.78 Å². The van der Waals surface area contributed by atoms with Crippen LogP contribution in [0.5, 0.6) is 0 Å². The normalized spacial score (nSPS) is 16.7. The number of aryl methyl sites for hydroxylation is 1. The molecule has 0 aliphatic carbocycles. The fourth-order valence-corrected chi connectivity index (χ4v) is 4.73. The van der Waals surface area contributed by atoms with E-state index < -0.39 is 5.69 Å². The maximum absolute atomic E-state index is 13.4. The second-order valence-electron chi connectivity index (χ2n) is 8.45. The maximum Gasteiger partial charge on any atom is 0.332 e. The van der Waals surface area contributed by atoms with E-state index >= 15 is 0 Å². The van der Waals surface area contributed by atoms with Crippen molar-refractivity contribution in [3.05, 3.63) is 74.7 Å². The van der Waals surface area contributed by atoms with E-state index in [1.165, 1.54) is 11.6 Å². The van der Waals surface area contributed by atoms with Crippen molar-refractivity contribution in [3.8, 4) is 0 Å². The number of H-pyrrole nitrogens is 1. The zero-order valence-electron chi connectivity index (χ0n) is 18.2. The summed E-state index contributed by atoms with van der Waals surface area (Å²) in [6.45, 7) is 0.668. The van der Waals surface area contributed by atoms with Crippen LogP contribution < -0.4 is 11.2 Å². The predicted molar refractivity (Wildman–Crippen MR) is 123 cm³/mol. The number of carbonyl (C=O) groups excluding carboxylic acids is 1. The number of amides is 1. The van der Waals surface area contributed by atoms with E-state index in [1.807, 2.05) is 41.4 Å². The lowest BCUT2D eigenvalue weighted by Crippen LogP contribution is -2.40. The molecular formula is C24H25N5O3. The molecule has 0 bridgehead atoms. The average molecular weight is 431 g/mol. The number of carbonyl (C=O) groups is 1. The Morgan fingerprint density at radius 2 is 1.88 bits per heavy atom. The Balaban J connectivity index is 1.50. The Kier molecular flexibility index (Phi) is 4.92. The first kappa shape index (κ1) is 20.2. The molecule has 1 amide bonds. The number of para-hydroxylation sites is 1. The van der Waals surface area contributed by atoms with Crippen LogP contribution in [0.4, 0.5) is 0 Å². The van der Waals surface area contributed by atoms with Gasteiger partial charge in [-0.15, -0.1) is 0 Å². The first-order valence-electron chi connectivity index (χ1n) is 10.9. The van der Waals surface area contributed by atoms with Crippen LogP contribution in [0.3, 0.4) is 0 Å². The molecule has 0 radical (unpaired) electrons. The summed E-state index contributed by atoms with van der Waals surface area (Å²) in [7, 11) is 3.08. The number of hydrogen-bond donors (Lipinski definition) is 1. The van der Waals surface area contributed by atoms with E-state index in [1.54, 1.807) is 13.1 Å². The Morgan fingerprint density at radius 1 is 1.06 bits per heavy atom. The monoisotopic (exact) mass is 431 g/mol. The number of likely N-dealkylation sites (tertiary alicyclic amines) is 1. The second-order valence-corrected chi connectivity index (χ2v) is 8.45. The second kappa shape index (κ2) is 7.78. The molecule has 8 nitrogen and oxygen atoms in total. The van der Waals surface area contributed by atoms with Crippen LogP contribution in [0.25, 0.3) is 21.9 Å². The molecule has 1 fully saturated rings. The molecule has 1 aliphatic heterocycles. The van der Waals surface area contributed by atoms with Gasteiger partial charge in [-0.3, -0.25) is 18.7 Å². The predicted octanol–water partition coefficient (Wildman–Crippen LogP) is 2.41. The minimum atomic E-state index is -0.414. The number of hydrogen-bond acceptors (Lipinski definition) is 4. The fraction of sp³-hybridized carbons (Fsp3) is 0.333. The molecule has 1 saturated heterocycles. The molecule has 4 aromatic rings. The Hall–Kier alpha value is -3.68. The van der Waals surface area contributed by atoms with Crippen molar-refractivity contribution < 1.29 is 4.79 Å². The molecule has 3 aromatic heterocycles. The van der Waals surface area contributed by atoms with Crippen molar-refractivity contribution in [1.82, 2.24) is 24.0 Å². The summed E-state index contributed by atoms with van der Waals surface area (Å²) in [5.74, 6) is 0.0548. The van der Waals surface area contributed by atoms with Crippen molar-refractivity contribution >= 4 is 27.8 Å². The van der Waals surface area contributed by atoms with E-state index in [0.29, 0.717) is 29.7 Å². The Morgan fingerprint density at radius 3 is 2.72 bits per heavy atom. The van der Waals surface area contributed by atoms with Gasteiger partial charge >= 0.3 is 5.69 Å². The number of aromatic nitrogens is 4. The molecule has 0 saturated carbocycles. The van der Waals surface area contributed by atoms with E-state index in [2.05, 4.69) is 4.98 Å². The Bertz CT molecular complexity index is 1460. The first-order valence-corrected chi connectivity index (χ1v) is 10.9. The molecule has 1 aliphatic rings. The summed E-state index contributed by atoms with van der Waals surface area (Å²) in [6.07, 6.45) is 4.96. The third-order valence-corrected chi connectivity index (χ3v) is 6.50. The highest BCUT2D eigenvalue weighted by atomic mass is 16.2. The van der Waals surface area contributed by atoms with Gasteiger partial charge in [0.1, 0.15) is 5.65 Å². The van der Waals surface area contributed by atoms with Crippen molar-refractivity contribution in [2.75, 3.05) is 6.54 Å². The highest BCUT2D eigenvalue weighted by Crippen LogP contribution is 2.31. The van der Waals surface area contributed by atoms with Crippen molar-refractivity contribution in [2.24, 2.45) is 14.1 Å². The van der Waals surface area contributed by atoms with Crippen LogP contribution in [-0.2, 0) is 25.3 Å². The fourth-order valence-electron chi connectivity index (χ4n) is 4.73. The number of nitrogens with one attached hydrogen (secondary N) is 1. The van der Waals surface area contributed by atoms with Crippen molar-refractivity contribution in [3.63, 3.8) is 0 Å². The van der Waals surface area contributed by atoms with Crippen LogP contribution in [0.1, 0.15) is 36.6 Å². The van der Waals surface area contributed by atoms with Gasteiger partial charge in [-0.1, -0.05) is 18.2 Å². The van der Waals surface area contributed by atoms with Crippen LogP contribution >= 0.6 is 0 Å². The molecule has 32 heavy (non-hydrogen) atoms. The lowest BCUT2D eigenvalue weighted by molar-refractivity contribution is -0.134. The number of pyridine rings is 1. The van der Waals surface area contributed by atoms with Crippen LogP contribution in [0.15, 0.2) is 52.2 Å². The topological polar surface area (TPSA) is 93.0 Å². The SMILES string of the molecule is Cn1c(=O)c2ccc(C3CCCCN3C(=O)Cc3c[nH]c4ccccc34)nc2n(C)c1=O. The molecule has 8 heteroatoms. The van der Waals surface area contributed by atoms with Crippen LogP contribution in [0.2, 0.25) is 0 Å². The molecule has 1 aromatic carbocycles. The van der Waals surface area contributed by atoms with E-state index in [-0.39, 0.29) is 17.5 Å². The number of aromatic amines is 1. The summed E-state index contributed by atoms with van der Waals surface area (Å²) < 4.78 is 2.47. The van der Waals surface area contributed by atoms with Crippen LogP contribution in [-0.4, -0.2) is 36.5 Å². The lowest BCUT2D eigenvalue weighted by Gasteiger charge is -2.35. The van der Waals surface area contributed by atoms with E-state index in [9.17, 15) is 14.4 Å². The maximum atomic E-state index is 13.4. The Labute approximate surface area is 184 Å². The number of piperidine rings is 1. The van der Waals surface area contributed by atoms with E-state index in [0.717, 1.165) is 40.3 Å². The summed E-state index contributed by atoms with van der Waals surface area (Å²) in [6, 6.07) is 11.3. The minimum Gasteiger partial charge on any atom is -0.361 e. The quantitative estimate of drug-likeness (QED) is 0.539. The van der Waals surface area contributed by atoms with Gasteiger partial charge in [-0.2, -0.15) is 0 Å². The molecule has 1 atom stereocenters. The number of fused-ring (bicyclic) bond motifs is 2. The number of rotatable bonds is 3. The molecule has 164 valence electrons. The number of nitrogens with zero attached hydrogens (tertiary/aromatic N) is 4. The van der Waals surface area contributed by atoms with Gasteiger partial charge in [0.25, 0.3) is 5.56 Å². The van der Waals surface area contributed by atoms with Crippen LogP contribution in [0, 0.1) is 0 Å². The lowest BCUT2D eigenvalue weighted by atomic mass is 9.97. The third kappa shape index (κ3) is 3.23. The zero-order chi connectivity index (χ0) is 22.4. The molecular weight excluding hydrogens is 406 g/mol. The van der Waals surface area contributed by atoms with Gasteiger partial charge in [-0.05, 0) is 43.0 Å². The highest BCUT2D eigenvalue weighted by Gasteiger charge is 2.30. The summed E-state index contributed by atoms with van der Waals surface area (Å²) >= 11 is 0. The smallest absolute Gasteiger partial charge is 0.332 e.